The predicted octanol–water partition coefficient (Wildman–Crippen LogP) is 2.53. The summed E-state index contributed by atoms with van der Waals surface area (Å²) in [7, 11) is 0. The molecule has 0 unspecified atom stereocenters. The van der Waals surface area contributed by atoms with Crippen LogP contribution in [-0.4, -0.2) is 43.1 Å². The molecule has 2 aromatic rings. The number of rotatable bonds is 6. The number of likely N-dealkylation sites (N-methyl/N-ethyl adjacent to an activating group) is 1. The SMILES string of the molecule is CCN(Cc1ccc2c(c1)OCCO2)C(=O)COC(=O)c1ccc(C#N)cc1. The fourth-order valence-corrected chi connectivity index (χ4v) is 2.77. The van der Waals surface area contributed by atoms with Gasteiger partial charge in [-0.05, 0) is 48.9 Å². The van der Waals surface area contributed by atoms with Crippen molar-refractivity contribution in [3.63, 3.8) is 0 Å². The molecule has 28 heavy (non-hydrogen) atoms. The molecule has 3 rings (SSSR count). The highest BCUT2D eigenvalue weighted by molar-refractivity contribution is 5.91. The van der Waals surface area contributed by atoms with E-state index in [9.17, 15) is 9.59 Å². The van der Waals surface area contributed by atoms with Crippen LogP contribution >= 0.6 is 0 Å². The fraction of sp³-hybridized carbons (Fsp3) is 0.286. The molecule has 0 N–H and O–H groups in total. The van der Waals surface area contributed by atoms with Gasteiger partial charge < -0.3 is 19.1 Å². The van der Waals surface area contributed by atoms with Gasteiger partial charge in [0.25, 0.3) is 5.91 Å². The van der Waals surface area contributed by atoms with Gasteiger partial charge in [-0.15, -0.1) is 0 Å². The van der Waals surface area contributed by atoms with Crippen molar-refractivity contribution in [2.24, 2.45) is 0 Å². The van der Waals surface area contributed by atoms with E-state index in [1.54, 1.807) is 4.90 Å². The van der Waals surface area contributed by atoms with E-state index < -0.39 is 5.97 Å². The summed E-state index contributed by atoms with van der Waals surface area (Å²) in [5.41, 5.74) is 1.64. The van der Waals surface area contributed by atoms with Gasteiger partial charge in [0.1, 0.15) is 13.2 Å². The molecule has 7 nitrogen and oxygen atoms in total. The van der Waals surface area contributed by atoms with Gasteiger partial charge in [-0.2, -0.15) is 5.26 Å². The van der Waals surface area contributed by atoms with Crippen LogP contribution in [0.4, 0.5) is 0 Å². The molecule has 0 aromatic heterocycles. The van der Waals surface area contributed by atoms with Crippen LogP contribution in [0, 0.1) is 11.3 Å². The zero-order valence-electron chi connectivity index (χ0n) is 15.5. The first kappa shape index (κ1) is 19.2. The summed E-state index contributed by atoms with van der Waals surface area (Å²) in [5.74, 6) is 0.466. The minimum Gasteiger partial charge on any atom is -0.486 e. The molecule has 1 heterocycles. The normalized spacial score (nSPS) is 12.0. The first-order valence-electron chi connectivity index (χ1n) is 8.94. The minimum absolute atomic E-state index is 0.292. The van der Waals surface area contributed by atoms with Crippen molar-refractivity contribution in [1.29, 1.82) is 5.26 Å². The number of carbonyl (C=O) groups excluding carboxylic acids is 2. The number of carbonyl (C=O) groups is 2. The first-order valence-corrected chi connectivity index (χ1v) is 8.94. The number of amides is 1. The number of esters is 1. The van der Waals surface area contributed by atoms with Crippen molar-refractivity contribution < 1.29 is 23.8 Å². The largest absolute Gasteiger partial charge is 0.486 e. The van der Waals surface area contributed by atoms with Gasteiger partial charge in [-0.3, -0.25) is 4.79 Å². The van der Waals surface area contributed by atoms with Crippen molar-refractivity contribution >= 4 is 11.9 Å². The number of hydrogen-bond acceptors (Lipinski definition) is 6. The van der Waals surface area contributed by atoms with Gasteiger partial charge in [-0.25, -0.2) is 4.79 Å². The molecule has 0 saturated carbocycles. The number of fused-ring (bicyclic) bond motifs is 1. The molecule has 1 aliphatic rings. The molecule has 0 radical (unpaired) electrons. The van der Waals surface area contributed by atoms with Crippen molar-refractivity contribution in [3.05, 3.63) is 59.2 Å². The second-order valence-corrected chi connectivity index (χ2v) is 6.15. The molecule has 144 valence electrons. The van der Waals surface area contributed by atoms with Gasteiger partial charge in [0.05, 0.1) is 17.2 Å². The van der Waals surface area contributed by atoms with Gasteiger partial charge in [0.15, 0.2) is 18.1 Å². The molecule has 0 atom stereocenters. The van der Waals surface area contributed by atoms with E-state index in [0.717, 1.165) is 5.56 Å². The lowest BCUT2D eigenvalue weighted by Gasteiger charge is -2.23. The molecule has 0 fully saturated rings. The third kappa shape index (κ3) is 4.60. The van der Waals surface area contributed by atoms with Crippen LogP contribution in [0.1, 0.15) is 28.4 Å². The molecule has 0 bridgehead atoms. The maximum atomic E-state index is 12.5. The molecule has 0 aliphatic carbocycles. The Labute approximate surface area is 163 Å². The summed E-state index contributed by atoms with van der Waals surface area (Å²) in [6.07, 6.45) is 0. The van der Waals surface area contributed by atoms with E-state index >= 15 is 0 Å². The van der Waals surface area contributed by atoms with Gasteiger partial charge in [0, 0.05) is 13.1 Å². The van der Waals surface area contributed by atoms with E-state index in [1.807, 2.05) is 31.2 Å². The Morgan fingerprint density at radius 3 is 2.50 bits per heavy atom. The highest BCUT2D eigenvalue weighted by atomic mass is 16.6. The Kier molecular flexibility index (Phi) is 6.12. The summed E-state index contributed by atoms with van der Waals surface area (Å²) >= 11 is 0. The maximum absolute atomic E-state index is 12.5. The molecular formula is C21H20N2O5. The van der Waals surface area contributed by atoms with Crippen LogP contribution in [0.3, 0.4) is 0 Å². The van der Waals surface area contributed by atoms with Crippen molar-refractivity contribution in [1.82, 2.24) is 4.90 Å². The standard InChI is InChI=1S/C21H20N2O5/c1-2-23(13-16-5-8-18-19(11-16)27-10-9-26-18)20(24)14-28-21(25)17-6-3-15(12-22)4-7-17/h3-8,11H,2,9-10,13-14H2,1H3. The predicted molar refractivity (Wildman–Crippen MR) is 100.0 cm³/mol. The van der Waals surface area contributed by atoms with Crippen molar-refractivity contribution in [2.45, 2.75) is 13.5 Å². The Morgan fingerprint density at radius 1 is 1.11 bits per heavy atom. The van der Waals surface area contributed by atoms with Crippen molar-refractivity contribution in [3.8, 4) is 17.6 Å². The Balaban J connectivity index is 1.57. The molecule has 1 amide bonds. The number of benzene rings is 2. The Hall–Kier alpha value is -3.53. The smallest absolute Gasteiger partial charge is 0.338 e. The number of nitrogens with zero attached hydrogens (tertiary/aromatic N) is 2. The van der Waals surface area contributed by atoms with Crippen LogP contribution in [0.15, 0.2) is 42.5 Å². The average Bonchev–Trinajstić information content (AvgIpc) is 2.75. The minimum atomic E-state index is -0.603. The first-order chi connectivity index (χ1) is 13.6. The lowest BCUT2D eigenvalue weighted by molar-refractivity contribution is -0.134. The quantitative estimate of drug-likeness (QED) is 0.716. The number of ether oxygens (including phenoxy) is 3. The van der Waals surface area contributed by atoms with Gasteiger partial charge >= 0.3 is 5.97 Å². The van der Waals surface area contributed by atoms with Gasteiger partial charge in [-0.1, -0.05) is 6.07 Å². The summed E-state index contributed by atoms with van der Waals surface area (Å²) < 4.78 is 16.2. The van der Waals surface area contributed by atoms with Crippen LogP contribution in [0.5, 0.6) is 11.5 Å². The molecular weight excluding hydrogens is 360 g/mol. The molecule has 7 heteroatoms. The van der Waals surface area contributed by atoms with E-state index in [4.69, 9.17) is 19.5 Å². The van der Waals surface area contributed by atoms with Crippen molar-refractivity contribution in [2.75, 3.05) is 26.4 Å². The zero-order valence-corrected chi connectivity index (χ0v) is 15.5. The topological polar surface area (TPSA) is 88.9 Å². The van der Waals surface area contributed by atoms with Crippen LogP contribution in [-0.2, 0) is 16.1 Å². The lowest BCUT2D eigenvalue weighted by Crippen LogP contribution is -2.34. The maximum Gasteiger partial charge on any atom is 0.338 e. The summed E-state index contributed by atoms with van der Waals surface area (Å²) in [4.78, 5) is 26.1. The summed E-state index contributed by atoms with van der Waals surface area (Å²) in [6.45, 7) is 3.38. The van der Waals surface area contributed by atoms with Crippen LogP contribution in [0.25, 0.3) is 0 Å². The average molecular weight is 380 g/mol. The monoisotopic (exact) mass is 380 g/mol. The van der Waals surface area contributed by atoms with E-state index in [2.05, 4.69) is 0 Å². The molecule has 1 aliphatic heterocycles. The van der Waals surface area contributed by atoms with Gasteiger partial charge in [0.2, 0.25) is 0 Å². The van der Waals surface area contributed by atoms with E-state index in [0.29, 0.717) is 48.9 Å². The van der Waals surface area contributed by atoms with E-state index in [-0.39, 0.29) is 12.5 Å². The highest BCUT2D eigenvalue weighted by Crippen LogP contribution is 2.31. The summed E-state index contributed by atoms with van der Waals surface area (Å²) in [5, 5.41) is 8.79. The zero-order chi connectivity index (χ0) is 19.9. The van der Waals surface area contributed by atoms with E-state index in [1.165, 1.54) is 24.3 Å². The summed E-state index contributed by atoms with van der Waals surface area (Å²) in [6, 6.07) is 13.6. The van der Waals surface area contributed by atoms with Crippen LogP contribution in [0.2, 0.25) is 0 Å². The number of nitriles is 1. The molecule has 2 aromatic carbocycles. The third-order valence-electron chi connectivity index (χ3n) is 4.29. The molecule has 0 saturated heterocycles. The Bertz CT molecular complexity index is 902. The molecule has 0 spiro atoms. The second kappa shape index (κ2) is 8.91. The lowest BCUT2D eigenvalue weighted by atomic mass is 10.1. The third-order valence-corrected chi connectivity index (χ3v) is 4.29. The highest BCUT2D eigenvalue weighted by Gasteiger charge is 2.18. The Morgan fingerprint density at radius 2 is 1.82 bits per heavy atom. The number of hydrogen-bond donors (Lipinski definition) is 0. The second-order valence-electron chi connectivity index (χ2n) is 6.15. The fourth-order valence-electron chi connectivity index (χ4n) is 2.77. The van der Waals surface area contributed by atoms with Crippen LogP contribution < -0.4 is 9.47 Å².